The second kappa shape index (κ2) is 4.03. The topological polar surface area (TPSA) is 59.6 Å². The maximum atomic E-state index is 12.7. The Balaban J connectivity index is 2.13. The van der Waals surface area contributed by atoms with Crippen LogP contribution in [0.2, 0.25) is 0 Å². The first-order valence-corrected chi connectivity index (χ1v) is 5.84. The third-order valence-electron chi connectivity index (χ3n) is 3.22. The second-order valence-corrected chi connectivity index (χ2v) is 4.55. The van der Waals surface area contributed by atoms with E-state index in [0.29, 0.717) is 22.3 Å². The number of rotatable bonds is 1. The Bertz CT molecular complexity index is 783. The maximum Gasteiger partial charge on any atom is 0.431 e. The number of aryl methyl sites for hydroxylation is 1. The van der Waals surface area contributed by atoms with E-state index in [1.807, 2.05) is 0 Å². The summed E-state index contributed by atoms with van der Waals surface area (Å²) in [6, 6.07) is 6.07. The maximum absolute atomic E-state index is 12.7. The molecule has 3 aromatic rings. The van der Waals surface area contributed by atoms with Crippen LogP contribution in [0.5, 0.6) is 0 Å². The summed E-state index contributed by atoms with van der Waals surface area (Å²) in [5.74, 6) is 0.468. The highest BCUT2D eigenvalue weighted by Crippen LogP contribution is 2.33. The molecule has 0 unspecified atom stereocenters. The molecule has 0 fully saturated rings. The number of nitrogen functional groups attached to an aromatic ring is 1. The van der Waals surface area contributed by atoms with Gasteiger partial charge in [0.15, 0.2) is 0 Å². The molecule has 0 aliphatic rings. The molecule has 2 aromatic heterocycles. The minimum absolute atomic E-state index is 0.434. The number of nitrogens with zero attached hydrogens (tertiary/aromatic N) is 2. The lowest BCUT2D eigenvalue weighted by molar-refractivity contribution is -0.140. The molecule has 104 valence electrons. The summed E-state index contributed by atoms with van der Waals surface area (Å²) in [6.07, 6.45) is -2.79. The number of anilines is 1. The molecule has 0 amide bonds. The van der Waals surface area contributed by atoms with E-state index in [2.05, 4.69) is 10.1 Å². The van der Waals surface area contributed by atoms with Crippen molar-refractivity contribution in [1.82, 2.24) is 14.8 Å². The summed E-state index contributed by atoms with van der Waals surface area (Å²) < 4.78 is 39.5. The van der Waals surface area contributed by atoms with Gasteiger partial charge in [-0.15, -0.1) is 0 Å². The Morgan fingerprint density at radius 1 is 1.25 bits per heavy atom. The van der Waals surface area contributed by atoms with Crippen molar-refractivity contribution in [2.45, 2.75) is 6.18 Å². The fourth-order valence-corrected chi connectivity index (χ4v) is 2.12. The average Bonchev–Trinajstić information content (AvgIpc) is 2.93. The third-order valence-corrected chi connectivity index (χ3v) is 3.22. The first-order chi connectivity index (χ1) is 9.36. The summed E-state index contributed by atoms with van der Waals surface area (Å²) in [4.78, 5) is 2.36. The van der Waals surface area contributed by atoms with Gasteiger partial charge in [-0.1, -0.05) is 6.07 Å². The number of hydrogen-bond donors (Lipinski definition) is 2. The number of aromatic amines is 1. The predicted octanol–water partition coefficient (Wildman–Crippen LogP) is 3.17. The smallest absolute Gasteiger partial charge is 0.383 e. The number of hydrogen-bond acceptors (Lipinski definition) is 2. The van der Waals surface area contributed by atoms with Crippen LogP contribution in [0.25, 0.3) is 22.0 Å². The van der Waals surface area contributed by atoms with Gasteiger partial charge >= 0.3 is 6.18 Å². The molecular weight excluding hydrogens is 269 g/mol. The highest BCUT2D eigenvalue weighted by Gasteiger charge is 2.32. The molecule has 0 aliphatic carbocycles. The lowest BCUT2D eigenvalue weighted by atomic mass is 10.1. The quantitative estimate of drug-likeness (QED) is 0.719. The largest absolute Gasteiger partial charge is 0.431 e. The summed E-state index contributed by atoms with van der Waals surface area (Å²) in [5.41, 5.74) is 6.97. The average molecular weight is 280 g/mol. The zero-order chi connectivity index (χ0) is 14.5. The summed E-state index contributed by atoms with van der Waals surface area (Å²) in [6.45, 7) is 0. The van der Waals surface area contributed by atoms with Crippen molar-refractivity contribution in [3.63, 3.8) is 0 Å². The molecule has 7 heteroatoms. The van der Waals surface area contributed by atoms with E-state index in [1.165, 1.54) is 4.68 Å². The zero-order valence-electron chi connectivity index (χ0n) is 10.5. The van der Waals surface area contributed by atoms with E-state index in [1.54, 1.807) is 31.4 Å². The first-order valence-electron chi connectivity index (χ1n) is 5.84. The summed E-state index contributed by atoms with van der Waals surface area (Å²) >= 11 is 0. The number of H-pyrrole nitrogens is 1. The van der Waals surface area contributed by atoms with E-state index >= 15 is 0 Å². The van der Waals surface area contributed by atoms with Gasteiger partial charge in [0, 0.05) is 23.5 Å². The number of benzene rings is 1. The molecule has 4 nitrogen and oxygen atoms in total. The first kappa shape index (κ1) is 12.6. The molecule has 0 aliphatic heterocycles. The van der Waals surface area contributed by atoms with Gasteiger partial charge in [-0.2, -0.15) is 18.3 Å². The molecule has 2 heterocycles. The molecule has 0 saturated heterocycles. The third kappa shape index (κ3) is 1.91. The fraction of sp³-hybridized carbons (Fsp3) is 0.154. The van der Waals surface area contributed by atoms with Crippen LogP contribution in [-0.4, -0.2) is 14.8 Å². The highest BCUT2D eigenvalue weighted by atomic mass is 19.4. The molecule has 20 heavy (non-hydrogen) atoms. The fourth-order valence-electron chi connectivity index (χ4n) is 2.12. The van der Waals surface area contributed by atoms with E-state index in [-0.39, 0.29) is 0 Å². The molecule has 0 spiro atoms. The lowest BCUT2D eigenvalue weighted by Crippen LogP contribution is -2.04. The standard InChI is InChI=1S/C13H11F3N4/c1-20-12(17)9(6-18-20)7-2-3-10-8(4-7)5-11(19-10)13(14,15)16/h2-6,19H,17H2,1H3. The van der Waals surface area contributed by atoms with Crippen LogP contribution in [0.4, 0.5) is 19.0 Å². The highest BCUT2D eigenvalue weighted by molar-refractivity contribution is 5.87. The Morgan fingerprint density at radius 3 is 2.60 bits per heavy atom. The molecule has 0 saturated carbocycles. The molecule has 0 bridgehead atoms. The van der Waals surface area contributed by atoms with E-state index < -0.39 is 11.9 Å². The monoisotopic (exact) mass is 280 g/mol. The Kier molecular flexibility index (Phi) is 2.53. The van der Waals surface area contributed by atoms with Crippen LogP contribution in [0, 0.1) is 0 Å². The minimum Gasteiger partial charge on any atom is -0.383 e. The van der Waals surface area contributed by atoms with Gasteiger partial charge in [-0.05, 0) is 23.8 Å². The van der Waals surface area contributed by atoms with Crippen molar-refractivity contribution in [3.8, 4) is 11.1 Å². The van der Waals surface area contributed by atoms with Gasteiger partial charge in [-0.25, -0.2) is 0 Å². The predicted molar refractivity (Wildman–Crippen MR) is 69.9 cm³/mol. The van der Waals surface area contributed by atoms with Gasteiger partial charge in [0.1, 0.15) is 11.5 Å². The number of halogens is 3. The SMILES string of the molecule is Cn1ncc(-c2ccc3[nH]c(C(F)(F)F)cc3c2)c1N. The van der Waals surface area contributed by atoms with E-state index in [4.69, 9.17) is 5.73 Å². The van der Waals surface area contributed by atoms with Crippen molar-refractivity contribution in [2.75, 3.05) is 5.73 Å². The second-order valence-electron chi connectivity index (χ2n) is 4.55. The Hall–Kier alpha value is -2.44. The van der Waals surface area contributed by atoms with Crippen LogP contribution in [0.15, 0.2) is 30.5 Å². The number of alkyl halides is 3. The lowest BCUT2D eigenvalue weighted by Gasteiger charge is -2.01. The van der Waals surface area contributed by atoms with E-state index in [9.17, 15) is 13.2 Å². The van der Waals surface area contributed by atoms with Crippen molar-refractivity contribution in [3.05, 3.63) is 36.2 Å². The number of fused-ring (bicyclic) bond motifs is 1. The Morgan fingerprint density at radius 2 is 2.00 bits per heavy atom. The van der Waals surface area contributed by atoms with Crippen molar-refractivity contribution in [2.24, 2.45) is 7.05 Å². The van der Waals surface area contributed by atoms with Crippen LogP contribution in [0.1, 0.15) is 5.69 Å². The van der Waals surface area contributed by atoms with Crippen LogP contribution in [-0.2, 0) is 13.2 Å². The number of aromatic nitrogens is 3. The summed E-state index contributed by atoms with van der Waals surface area (Å²) in [7, 11) is 1.70. The normalized spacial score (nSPS) is 12.2. The van der Waals surface area contributed by atoms with Crippen molar-refractivity contribution < 1.29 is 13.2 Å². The zero-order valence-corrected chi connectivity index (χ0v) is 10.5. The molecule has 3 N–H and O–H groups in total. The number of nitrogens with one attached hydrogen (secondary N) is 1. The summed E-state index contributed by atoms with van der Waals surface area (Å²) in [5, 5.41) is 4.51. The molecule has 0 radical (unpaired) electrons. The van der Waals surface area contributed by atoms with Gasteiger partial charge in [-0.3, -0.25) is 4.68 Å². The van der Waals surface area contributed by atoms with Gasteiger partial charge in [0.2, 0.25) is 0 Å². The van der Waals surface area contributed by atoms with Gasteiger partial charge in [0.25, 0.3) is 0 Å². The molecule has 0 atom stereocenters. The van der Waals surface area contributed by atoms with Crippen LogP contribution < -0.4 is 5.73 Å². The van der Waals surface area contributed by atoms with Crippen LogP contribution in [0.3, 0.4) is 0 Å². The van der Waals surface area contributed by atoms with Crippen molar-refractivity contribution in [1.29, 1.82) is 0 Å². The molecular formula is C13H11F3N4. The Labute approximate surface area is 112 Å². The minimum atomic E-state index is -4.38. The van der Waals surface area contributed by atoms with Crippen molar-refractivity contribution >= 4 is 16.7 Å². The van der Waals surface area contributed by atoms with Gasteiger partial charge < -0.3 is 10.7 Å². The van der Waals surface area contributed by atoms with E-state index in [0.717, 1.165) is 11.6 Å². The molecule has 1 aromatic carbocycles. The van der Waals surface area contributed by atoms with Gasteiger partial charge in [0.05, 0.1) is 6.20 Å². The number of nitrogens with two attached hydrogens (primary N) is 1. The molecule has 3 rings (SSSR count). The van der Waals surface area contributed by atoms with Crippen LogP contribution >= 0.6 is 0 Å².